The van der Waals surface area contributed by atoms with Gasteiger partial charge < -0.3 is 13.6 Å². The van der Waals surface area contributed by atoms with Crippen LogP contribution in [0.1, 0.15) is 16.3 Å². The van der Waals surface area contributed by atoms with Crippen molar-refractivity contribution >= 4 is 28.1 Å². The third kappa shape index (κ3) is 4.52. The van der Waals surface area contributed by atoms with Gasteiger partial charge in [-0.1, -0.05) is 28.1 Å². The maximum absolute atomic E-state index is 12.3. The molecule has 0 atom stereocenters. The number of nitrogens with zero attached hydrogens (tertiary/aromatic N) is 1. The Morgan fingerprint density at radius 1 is 0.900 bits per heavy atom. The highest BCUT2D eigenvalue weighted by Crippen LogP contribution is 2.25. The number of amides is 1. The number of carbonyl (C=O) groups is 1. The van der Waals surface area contributed by atoms with E-state index in [-0.39, 0.29) is 5.76 Å². The molecule has 0 radical (unpaired) electrons. The lowest BCUT2D eigenvalue weighted by atomic mass is 10.2. The lowest BCUT2D eigenvalue weighted by molar-refractivity contribution is 0.0928. The van der Waals surface area contributed by atoms with Gasteiger partial charge in [0.1, 0.15) is 23.0 Å². The van der Waals surface area contributed by atoms with Crippen LogP contribution in [0, 0.1) is 0 Å². The summed E-state index contributed by atoms with van der Waals surface area (Å²) in [4.78, 5) is 12.3. The number of halogens is 1. The minimum atomic E-state index is -0.448. The van der Waals surface area contributed by atoms with Crippen LogP contribution in [-0.4, -0.2) is 19.2 Å². The number of hydrogen-bond donors (Lipinski definition) is 1. The number of ether oxygens (including phenoxy) is 1. The summed E-state index contributed by atoms with van der Waals surface area (Å²) >= 11 is 3.39. The number of benzene rings is 2. The molecule has 0 saturated carbocycles. The molecule has 2 heterocycles. The molecule has 0 spiro atoms. The van der Waals surface area contributed by atoms with E-state index in [4.69, 9.17) is 13.6 Å². The number of hydrogen-bond acceptors (Lipinski definition) is 5. The van der Waals surface area contributed by atoms with Gasteiger partial charge in [-0.05, 0) is 60.7 Å². The molecule has 2 aromatic carbocycles. The molecule has 0 bridgehead atoms. The SMILES string of the molecule is COc1ccc(-c2ccc(/C=N/NC(=O)c3ccc(-c4ccc(Br)cc4)o3)o2)cc1. The molecule has 0 aliphatic rings. The number of furan rings is 2. The summed E-state index contributed by atoms with van der Waals surface area (Å²) < 4.78 is 17.5. The summed E-state index contributed by atoms with van der Waals surface area (Å²) in [5, 5.41) is 3.94. The molecule has 4 rings (SSSR count). The van der Waals surface area contributed by atoms with Crippen LogP contribution in [0.3, 0.4) is 0 Å². The average molecular weight is 465 g/mol. The molecule has 30 heavy (non-hydrogen) atoms. The van der Waals surface area contributed by atoms with Crippen LogP contribution in [-0.2, 0) is 0 Å². The Labute approximate surface area is 181 Å². The van der Waals surface area contributed by atoms with Crippen LogP contribution in [0.15, 0.2) is 91.2 Å². The molecule has 1 N–H and O–H groups in total. The normalized spacial score (nSPS) is 11.0. The molecule has 0 aliphatic heterocycles. The molecular weight excluding hydrogens is 448 g/mol. The van der Waals surface area contributed by atoms with Crippen molar-refractivity contribution in [3.63, 3.8) is 0 Å². The van der Waals surface area contributed by atoms with Gasteiger partial charge in [-0.15, -0.1) is 0 Å². The van der Waals surface area contributed by atoms with Crippen molar-refractivity contribution in [3.8, 4) is 28.4 Å². The monoisotopic (exact) mass is 464 g/mol. The predicted molar refractivity (Wildman–Crippen MR) is 118 cm³/mol. The molecule has 0 aliphatic carbocycles. The third-order valence-corrected chi connectivity index (χ3v) is 4.85. The summed E-state index contributed by atoms with van der Waals surface area (Å²) in [5.74, 6) is 2.30. The van der Waals surface area contributed by atoms with E-state index in [1.807, 2.05) is 54.6 Å². The van der Waals surface area contributed by atoms with E-state index in [1.165, 1.54) is 6.21 Å². The van der Waals surface area contributed by atoms with E-state index in [1.54, 1.807) is 25.3 Å². The van der Waals surface area contributed by atoms with E-state index >= 15 is 0 Å². The van der Waals surface area contributed by atoms with E-state index < -0.39 is 5.91 Å². The fraction of sp³-hybridized carbons (Fsp3) is 0.0435. The average Bonchev–Trinajstić information content (AvgIpc) is 3.44. The Kier molecular flexibility index (Phi) is 5.81. The second-order valence-electron chi connectivity index (χ2n) is 6.30. The number of hydrazone groups is 1. The van der Waals surface area contributed by atoms with Gasteiger partial charge in [0.2, 0.25) is 0 Å². The minimum absolute atomic E-state index is 0.170. The molecule has 6 nitrogen and oxygen atoms in total. The van der Waals surface area contributed by atoms with E-state index in [9.17, 15) is 4.79 Å². The van der Waals surface area contributed by atoms with Gasteiger partial charge in [0.15, 0.2) is 5.76 Å². The summed E-state index contributed by atoms with van der Waals surface area (Å²) in [6.07, 6.45) is 1.43. The predicted octanol–water partition coefficient (Wildman–Crippen LogP) is 5.74. The number of carbonyl (C=O) groups excluding carboxylic acids is 1. The van der Waals surface area contributed by atoms with E-state index in [0.717, 1.165) is 21.3 Å². The summed E-state index contributed by atoms with van der Waals surface area (Å²) in [6, 6.07) is 22.1. The summed E-state index contributed by atoms with van der Waals surface area (Å²) in [7, 11) is 1.62. The second kappa shape index (κ2) is 8.84. The van der Waals surface area contributed by atoms with Crippen molar-refractivity contribution < 1.29 is 18.4 Å². The van der Waals surface area contributed by atoms with Gasteiger partial charge >= 0.3 is 5.91 Å². The van der Waals surface area contributed by atoms with Crippen molar-refractivity contribution in [2.24, 2.45) is 5.10 Å². The first-order valence-electron chi connectivity index (χ1n) is 9.06. The maximum Gasteiger partial charge on any atom is 0.307 e. The van der Waals surface area contributed by atoms with Crippen LogP contribution in [0.25, 0.3) is 22.6 Å². The highest BCUT2D eigenvalue weighted by atomic mass is 79.9. The zero-order chi connectivity index (χ0) is 20.9. The number of methoxy groups -OCH3 is 1. The highest BCUT2D eigenvalue weighted by Gasteiger charge is 2.12. The van der Waals surface area contributed by atoms with Crippen LogP contribution < -0.4 is 10.2 Å². The highest BCUT2D eigenvalue weighted by molar-refractivity contribution is 9.10. The molecular formula is C23H17BrN2O4. The standard InChI is InChI=1S/C23H17BrN2O4/c1-28-18-8-4-16(5-9-18)20-11-10-19(29-20)14-25-26-23(27)22-13-12-21(30-22)15-2-6-17(24)7-3-15/h2-14H,1H3,(H,26,27)/b25-14+. The van der Waals surface area contributed by atoms with Crippen molar-refractivity contribution in [3.05, 3.63) is 88.8 Å². The third-order valence-electron chi connectivity index (χ3n) is 4.32. The molecule has 150 valence electrons. The first-order valence-corrected chi connectivity index (χ1v) is 9.85. The number of nitrogens with one attached hydrogen (secondary N) is 1. The molecule has 0 unspecified atom stereocenters. The smallest absolute Gasteiger partial charge is 0.307 e. The minimum Gasteiger partial charge on any atom is -0.497 e. The largest absolute Gasteiger partial charge is 0.497 e. The zero-order valence-electron chi connectivity index (χ0n) is 16.0. The fourth-order valence-electron chi connectivity index (χ4n) is 2.77. The maximum atomic E-state index is 12.3. The Bertz CT molecular complexity index is 1170. The molecule has 7 heteroatoms. The van der Waals surface area contributed by atoms with E-state index in [0.29, 0.717) is 17.3 Å². The fourth-order valence-corrected chi connectivity index (χ4v) is 3.04. The topological polar surface area (TPSA) is 77.0 Å². The van der Waals surface area contributed by atoms with Gasteiger partial charge in [0.05, 0.1) is 13.3 Å². The van der Waals surface area contributed by atoms with Crippen LogP contribution in [0.2, 0.25) is 0 Å². The van der Waals surface area contributed by atoms with Crippen LogP contribution >= 0.6 is 15.9 Å². The molecule has 1 amide bonds. The van der Waals surface area contributed by atoms with Crippen molar-refractivity contribution in [2.45, 2.75) is 0 Å². The van der Waals surface area contributed by atoms with E-state index in [2.05, 4.69) is 26.5 Å². The Morgan fingerprint density at radius 2 is 1.53 bits per heavy atom. The van der Waals surface area contributed by atoms with Gasteiger partial charge in [-0.25, -0.2) is 5.43 Å². The van der Waals surface area contributed by atoms with Crippen molar-refractivity contribution in [1.29, 1.82) is 0 Å². The van der Waals surface area contributed by atoms with Gasteiger partial charge in [0, 0.05) is 15.6 Å². The lowest BCUT2D eigenvalue weighted by Gasteiger charge is -2.00. The summed E-state index contributed by atoms with van der Waals surface area (Å²) in [6.45, 7) is 0. The molecule has 2 aromatic heterocycles. The Morgan fingerprint density at radius 3 is 2.23 bits per heavy atom. The van der Waals surface area contributed by atoms with Gasteiger partial charge in [-0.3, -0.25) is 4.79 Å². The first kappa shape index (κ1) is 19.7. The van der Waals surface area contributed by atoms with Crippen molar-refractivity contribution in [1.82, 2.24) is 5.43 Å². The molecule has 0 saturated heterocycles. The van der Waals surface area contributed by atoms with Gasteiger partial charge in [0.25, 0.3) is 0 Å². The second-order valence-corrected chi connectivity index (χ2v) is 7.22. The van der Waals surface area contributed by atoms with Crippen molar-refractivity contribution in [2.75, 3.05) is 7.11 Å². The lowest BCUT2D eigenvalue weighted by Crippen LogP contribution is -2.16. The molecule has 4 aromatic rings. The van der Waals surface area contributed by atoms with Crippen LogP contribution in [0.5, 0.6) is 5.75 Å². The first-order chi connectivity index (χ1) is 14.6. The quantitative estimate of drug-likeness (QED) is 0.291. The van der Waals surface area contributed by atoms with Crippen LogP contribution in [0.4, 0.5) is 0 Å². The summed E-state index contributed by atoms with van der Waals surface area (Å²) in [5.41, 5.74) is 4.23. The Hall–Kier alpha value is -3.58. The van der Waals surface area contributed by atoms with Gasteiger partial charge in [-0.2, -0.15) is 5.10 Å². The number of rotatable bonds is 6. The molecule has 0 fully saturated rings. The Balaban J connectivity index is 1.38. The zero-order valence-corrected chi connectivity index (χ0v) is 17.5.